The highest BCUT2D eigenvalue weighted by Crippen LogP contribution is 2.18. The number of hydrogen-bond donors (Lipinski definition) is 2. The van der Waals surface area contributed by atoms with Crippen LogP contribution in [-0.4, -0.2) is 25.1 Å². The SMILES string of the molecule is CCNC(CCOc1cc(C)ccc1F)C(N)=O. The first-order chi connectivity index (χ1) is 8.54. The van der Waals surface area contributed by atoms with Gasteiger partial charge in [0, 0.05) is 6.42 Å². The van der Waals surface area contributed by atoms with Gasteiger partial charge >= 0.3 is 0 Å². The van der Waals surface area contributed by atoms with Crippen molar-refractivity contribution in [3.05, 3.63) is 29.6 Å². The highest BCUT2D eigenvalue weighted by Gasteiger charge is 2.14. The summed E-state index contributed by atoms with van der Waals surface area (Å²) < 4.78 is 18.7. The van der Waals surface area contributed by atoms with Gasteiger partial charge in [-0.05, 0) is 31.2 Å². The summed E-state index contributed by atoms with van der Waals surface area (Å²) in [5.74, 6) is -0.625. The van der Waals surface area contributed by atoms with Crippen molar-refractivity contribution < 1.29 is 13.9 Å². The number of ether oxygens (including phenoxy) is 1. The Hall–Kier alpha value is -1.62. The number of nitrogens with two attached hydrogens (primary N) is 1. The molecule has 0 saturated carbocycles. The Morgan fingerprint density at radius 2 is 2.28 bits per heavy atom. The maximum Gasteiger partial charge on any atom is 0.234 e. The van der Waals surface area contributed by atoms with Gasteiger partial charge in [0.2, 0.25) is 5.91 Å². The highest BCUT2D eigenvalue weighted by atomic mass is 19.1. The van der Waals surface area contributed by atoms with Gasteiger partial charge in [-0.25, -0.2) is 4.39 Å². The molecule has 0 aliphatic heterocycles. The van der Waals surface area contributed by atoms with Gasteiger partial charge < -0.3 is 15.8 Å². The Morgan fingerprint density at radius 3 is 2.89 bits per heavy atom. The van der Waals surface area contributed by atoms with Crippen LogP contribution in [-0.2, 0) is 4.79 Å². The molecule has 3 N–H and O–H groups in total. The second-order valence-corrected chi connectivity index (χ2v) is 4.08. The molecule has 0 aromatic heterocycles. The van der Waals surface area contributed by atoms with Crippen LogP contribution in [0.25, 0.3) is 0 Å². The summed E-state index contributed by atoms with van der Waals surface area (Å²) >= 11 is 0. The lowest BCUT2D eigenvalue weighted by atomic mass is 10.2. The fourth-order valence-electron chi connectivity index (χ4n) is 1.60. The van der Waals surface area contributed by atoms with Crippen LogP contribution >= 0.6 is 0 Å². The minimum Gasteiger partial charge on any atom is -0.490 e. The third kappa shape index (κ3) is 4.33. The van der Waals surface area contributed by atoms with E-state index in [1.807, 2.05) is 13.8 Å². The first kappa shape index (κ1) is 14.4. The van der Waals surface area contributed by atoms with Crippen molar-refractivity contribution in [3.8, 4) is 5.75 Å². The van der Waals surface area contributed by atoms with E-state index in [9.17, 15) is 9.18 Å². The number of aryl methyl sites for hydroxylation is 1. The van der Waals surface area contributed by atoms with Gasteiger partial charge in [0.05, 0.1) is 12.6 Å². The van der Waals surface area contributed by atoms with Crippen molar-refractivity contribution in [3.63, 3.8) is 0 Å². The van der Waals surface area contributed by atoms with Crippen LogP contribution in [0.15, 0.2) is 18.2 Å². The van der Waals surface area contributed by atoms with Gasteiger partial charge in [0.1, 0.15) is 0 Å². The minimum absolute atomic E-state index is 0.203. The normalized spacial score (nSPS) is 12.2. The van der Waals surface area contributed by atoms with Crippen LogP contribution in [0.4, 0.5) is 4.39 Å². The lowest BCUT2D eigenvalue weighted by Gasteiger charge is -2.14. The first-order valence-electron chi connectivity index (χ1n) is 5.96. The van der Waals surface area contributed by atoms with E-state index < -0.39 is 17.8 Å². The van der Waals surface area contributed by atoms with E-state index in [-0.39, 0.29) is 12.4 Å². The summed E-state index contributed by atoms with van der Waals surface area (Å²) in [6, 6.07) is 4.22. The summed E-state index contributed by atoms with van der Waals surface area (Å²) in [4.78, 5) is 11.1. The van der Waals surface area contributed by atoms with E-state index in [1.165, 1.54) is 6.07 Å². The van der Waals surface area contributed by atoms with E-state index >= 15 is 0 Å². The van der Waals surface area contributed by atoms with Crippen molar-refractivity contribution >= 4 is 5.91 Å². The number of carbonyl (C=O) groups is 1. The Kier molecular flexibility index (Phi) is 5.58. The standard InChI is InChI=1S/C13H19FN2O2/c1-3-16-11(13(15)17)6-7-18-12-8-9(2)4-5-10(12)14/h4-5,8,11,16H,3,6-7H2,1-2H3,(H2,15,17). The maximum absolute atomic E-state index is 13.4. The second-order valence-electron chi connectivity index (χ2n) is 4.08. The van der Waals surface area contributed by atoms with Gasteiger partial charge in [-0.15, -0.1) is 0 Å². The zero-order valence-electron chi connectivity index (χ0n) is 10.7. The van der Waals surface area contributed by atoms with Crippen molar-refractivity contribution in [2.75, 3.05) is 13.2 Å². The van der Waals surface area contributed by atoms with Gasteiger partial charge in [-0.1, -0.05) is 13.0 Å². The molecule has 0 aliphatic rings. The molecular formula is C13H19FN2O2. The first-order valence-corrected chi connectivity index (χ1v) is 5.96. The number of primary amides is 1. The molecule has 1 rings (SSSR count). The lowest BCUT2D eigenvalue weighted by molar-refractivity contribution is -0.120. The van der Waals surface area contributed by atoms with Gasteiger partial charge in [0.15, 0.2) is 11.6 Å². The largest absolute Gasteiger partial charge is 0.490 e. The Labute approximate surface area is 106 Å². The predicted molar refractivity (Wildman–Crippen MR) is 67.9 cm³/mol. The molecule has 1 atom stereocenters. The van der Waals surface area contributed by atoms with Gasteiger partial charge in [-0.2, -0.15) is 0 Å². The fourth-order valence-corrected chi connectivity index (χ4v) is 1.60. The van der Waals surface area contributed by atoms with Gasteiger partial charge in [0.25, 0.3) is 0 Å². The van der Waals surface area contributed by atoms with Crippen LogP contribution in [0.2, 0.25) is 0 Å². The Bertz CT molecular complexity index is 410. The van der Waals surface area contributed by atoms with Crippen LogP contribution in [0.1, 0.15) is 18.9 Å². The van der Waals surface area contributed by atoms with Crippen molar-refractivity contribution in [1.29, 1.82) is 0 Å². The molecule has 18 heavy (non-hydrogen) atoms. The Balaban J connectivity index is 2.49. The van der Waals surface area contributed by atoms with E-state index in [0.717, 1.165) is 5.56 Å². The van der Waals surface area contributed by atoms with E-state index in [1.54, 1.807) is 12.1 Å². The predicted octanol–water partition coefficient (Wildman–Crippen LogP) is 1.37. The zero-order valence-corrected chi connectivity index (χ0v) is 10.7. The molecular weight excluding hydrogens is 235 g/mol. The van der Waals surface area contributed by atoms with Crippen LogP contribution < -0.4 is 15.8 Å². The average Bonchev–Trinajstić information content (AvgIpc) is 2.32. The molecule has 1 aromatic carbocycles. The third-order valence-electron chi connectivity index (χ3n) is 2.54. The molecule has 0 saturated heterocycles. The lowest BCUT2D eigenvalue weighted by Crippen LogP contribution is -2.42. The van der Waals surface area contributed by atoms with Crippen LogP contribution in [0, 0.1) is 12.7 Å². The van der Waals surface area contributed by atoms with Crippen molar-refractivity contribution in [2.24, 2.45) is 5.73 Å². The number of hydrogen-bond acceptors (Lipinski definition) is 3. The molecule has 0 bridgehead atoms. The monoisotopic (exact) mass is 254 g/mol. The Morgan fingerprint density at radius 1 is 1.56 bits per heavy atom. The molecule has 1 unspecified atom stereocenters. The summed E-state index contributed by atoms with van der Waals surface area (Å²) in [7, 11) is 0. The highest BCUT2D eigenvalue weighted by molar-refractivity contribution is 5.79. The number of likely N-dealkylation sites (N-methyl/N-ethyl adjacent to an activating group) is 1. The summed E-state index contributed by atoms with van der Waals surface area (Å²) in [6.07, 6.45) is 0.413. The minimum atomic E-state index is -0.442. The zero-order chi connectivity index (χ0) is 13.5. The number of amides is 1. The number of carbonyl (C=O) groups excluding carboxylic acids is 1. The molecule has 0 heterocycles. The molecule has 0 radical (unpaired) electrons. The van der Waals surface area contributed by atoms with E-state index in [4.69, 9.17) is 10.5 Å². The van der Waals surface area contributed by atoms with Crippen molar-refractivity contribution in [1.82, 2.24) is 5.32 Å². The topological polar surface area (TPSA) is 64.3 Å². The van der Waals surface area contributed by atoms with E-state index in [0.29, 0.717) is 13.0 Å². The molecule has 1 aromatic rings. The molecule has 5 heteroatoms. The molecule has 0 fully saturated rings. The summed E-state index contributed by atoms with van der Waals surface area (Å²) in [5.41, 5.74) is 6.15. The fraction of sp³-hybridized carbons (Fsp3) is 0.462. The van der Waals surface area contributed by atoms with Crippen molar-refractivity contribution in [2.45, 2.75) is 26.3 Å². The van der Waals surface area contributed by atoms with E-state index in [2.05, 4.69) is 5.32 Å². The molecule has 0 spiro atoms. The second kappa shape index (κ2) is 6.96. The molecule has 0 aliphatic carbocycles. The summed E-state index contributed by atoms with van der Waals surface area (Å²) in [6.45, 7) is 4.63. The quantitative estimate of drug-likeness (QED) is 0.772. The molecule has 4 nitrogen and oxygen atoms in total. The average molecular weight is 254 g/mol. The third-order valence-corrected chi connectivity index (χ3v) is 2.54. The molecule has 100 valence electrons. The number of rotatable bonds is 7. The maximum atomic E-state index is 13.4. The van der Waals surface area contributed by atoms with Crippen LogP contribution in [0.5, 0.6) is 5.75 Å². The summed E-state index contributed by atoms with van der Waals surface area (Å²) in [5, 5.41) is 2.95. The van der Waals surface area contributed by atoms with Gasteiger partial charge in [-0.3, -0.25) is 4.79 Å². The number of nitrogens with one attached hydrogen (secondary N) is 1. The molecule has 1 amide bonds. The number of benzene rings is 1. The number of halogens is 1. The van der Waals surface area contributed by atoms with Crippen LogP contribution in [0.3, 0.4) is 0 Å². The smallest absolute Gasteiger partial charge is 0.234 e.